The predicted octanol–water partition coefficient (Wildman–Crippen LogP) is 4.49. The first-order chi connectivity index (χ1) is 18.3. The molecule has 2 aliphatic rings. The van der Waals surface area contributed by atoms with Crippen molar-refractivity contribution >= 4 is 11.8 Å². The molecule has 10 heteroatoms. The lowest BCUT2D eigenvalue weighted by Crippen LogP contribution is -2.24. The van der Waals surface area contributed by atoms with Gasteiger partial charge >= 0.3 is 0 Å². The maximum atomic E-state index is 5.74. The molecule has 6 rings (SSSR count). The van der Waals surface area contributed by atoms with E-state index < -0.39 is 0 Å². The van der Waals surface area contributed by atoms with Crippen molar-refractivity contribution in [1.82, 2.24) is 20.2 Å². The zero-order valence-electron chi connectivity index (χ0n) is 19.9. The molecule has 0 amide bonds. The summed E-state index contributed by atoms with van der Waals surface area (Å²) in [4.78, 5) is 11.9. The second-order valence-corrected chi connectivity index (χ2v) is 8.29. The van der Waals surface area contributed by atoms with Gasteiger partial charge in [-0.05, 0) is 23.3 Å². The number of pyridine rings is 1. The third-order valence-corrected chi connectivity index (χ3v) is 5.85. The highest BCUT2D eigenvalue weighted by molar-refractivity contribution is 5.73. The van der Waals surface area contributed by atoms with Gasteiger partial charge in [-0.25, -0.2) is 4.98 Å². The van der Waals surface area contributed by atoms with Gasteiger partial charge in [0.15, 0.2) is 5.82 Å². The van der Waals surface area contributed by atoms with Crippen LogP contribution in [0.4, 0.5) is 11.8 Å². The van der Waals surface area contributed by atoms with Gasteiger partial charge in [-0.2, -0.15) is 0 Å². The average Bonchev–Trinajstić information content (AvgIpc) is 3.75. The largest absolute Gasteiger partial charge is 0.459 e. The molecule has 186 valence electrons. The Bertz CT molecular complexity index is 1410. The summed E-state index contributed by atoms with van der Waals surface area (Å²) in [5, 5.41) is 8.91. The Morgan fingerprint density at radius 3 is 1.95 bits per heavy atom. The van der Waals surface area contributed by atoms with E-state index in [1.165, 1.54) is 0 Å². The van der Waals surface area contributed by atoms with E-state index in [-0.39, 0.29) is 13.6 Å². The van der Waals surface area contributed by atoms with Crippen molar-refractivity contribution in [2.45, 2.75) is 13.1 Å². The highest BCUT2D eigenvalue weighted by Gasteiger charge is 2.26. The summed E-state index contributed by atoms with van der Waals surface area (Å²) in [6.07, 6.45) is 4.91. The Hall–Kier alpha value is -4.99. The van der Waals surface area contributed by atoms with Crippen LogP contribution >= 0.6 is 0 Å². The minimum Gasteiger partial charge on any atom is -0.459 e. The number of aromatic amines is 1. The molecule has 0 atom stereocenters. The van der Waals surface area contributed by atoms with Gasteiger partial charge in [0.25, 0.3) is 0 Å². The fourth-order valence-electron chi connectivity index (χ4n) is 4.09. The molecule has 2 aromatic carbocycles. The molecule has 37 heavy (non-hydrogen) atoms. The van der Waals surface area contributed by atoms with Crippen molar-refractivity contribution in [2.75, 3.05) is 23.4 Å². The van der Waals surface area contributed by atoms with Crippen LogP contribution in [0.1, 0.15) is 11.1 Å². The van der Waals surface area contributed by atoms with E-state index in [2.05, 4.69) is 32.3 Å². The van der Waals surface area contributed by atoms with E-state index in [0.29, 0.717) is 42.4 Å². The summed E-state index contributed by atoms with van der Waals surface area (Å²) < 4.78 is 22.1. The van der Waals surface area contributed by atoms with Crippen LogP contribution < -0.4 is 9.80 Å². The monoisotopic (exact) mass is 496 g/mol. The summed E-state index contributed by atoms with van der Waals surface area (Å²) in [7, 11) is 0. The quantitative estimate of drug-likeness (QED) is 0.359. The topological polar surface area (TPSA) is 97.9 Å². The first kappa shape index (κ1) is 22.5. The number of anilines is 2. The molecule has 0 radical (unpaired) electrons. The average molecular weight is 497 g/mol. The maximum absolute atomic E-state index is 5.74. The van der Waals surface area contributed by atoms with Crippen LogP contribution in [0.3, 0.4) is 0 Å². The molecule has 1 N–H and O–H groups in total. The summed E-state index contributed by atoms with van der Waals surface area (Å²) in [6.45, 7) is 1.35. The minimum atomic E-state index is 0.153. The second-order valence-electron chi connectivity index (χ2n) is 8.29. The highest BCUT2D eigenvalue weighted by atomic mass is 16.7. The summed E-state index contributed by atoms with van der Waals surface area (Å²) >= 11 is 0. The molecule has 0 aliphatic carbocycles. The number of hydrogen-bond acceptors (Lipinski definition) is 9. The van der Waals surface area contributed by atoms with Crippen molar-refractivity contribution < 1.29 is 18.9 Å². The fraction of sp³-hybridized carbons (Fsp3) is 0.148. The first-order valence-electron chi connectivity index (χ1n) is 11.8. The van der Waals surface area contributed by atoms with Crippen LogP contribution in [-0.4, -0.2) is 33.8 Å². The van der Waals surface area contributed by atoms with Gasteiger partial charge in [-0.15, -0.1) is 10.2 Å². The number of rotatable bonds is 9. The van der Waals surface area contributed by atoms with Gasteiger partial charge in [0, 0.05) is 6.20 Å². The van der Waals surface area contributed by atoms with E-state index in [4.69, 9.17) is 18.9 Å². The standard InChI is InChI=1S/C27H24N6O4/c1-3-8-20(9-4-1)14-32(23-16-34-18-36-23)26-22(12-7-13-28-26)25-29-27(31-30-25)33(24-17-35-19-37-24)15-21-10-5-2-6-11-21/h1-13,16-17H,14-15,18-19H2,(H,29,30,31). The van der Waals surface area contributed by atoms with Gasteiger partial charge in [-0.3, -0.25) is 9.80 Å². The molecule has 0 spiro atoms. The third-order valence-electron chi connectivity index (χ3n) is 5.85. The van der Waals surface area contributed by atoms with Crippen molar-refractivity contribution in [2.24, 2.45) is 0 Å². The van der Waals surface area contributed by atoms with Crippen molar-refractivity contribution in [3.05, 3.63) is 114 Å². The molecule has 0 saturated heterocycles. The number of aromatic nitrogens is 4. The summed E-state index contributed by atoms with van der Waals surface area (Å²) in [6, 6.07) is 23.9. The minimum absolute atomic E-state index is 0.153. The van der Waals surface area contributed by atoms with Crippen LogP contribution in [-0.2, 0) is 32.0 Å². The zero-order valence-corrected chi connectivity index (χ0v) is 19.9. The van der Waals surface area contributed by atoms with E-state index in [9.17, 15) is 0 Å². The molecule has 0 unspecified atom stereocenters. The van der Waals surface area contributed by atoms with Gasteiger partial charge in [-0.1, -0.05) is 60.7 Å². The van der Waals surface area contributed by atoms with E-state index in [0.717, 1.165) is 16.7 Å². The zero-order chi connectivity index (χ0) is 24.9. The number of nitrogens with zero attached hydrogens (tertiary/aromatic N) is 5. The molecular formula is C27H24N6O4. The smallest absolute Gasteiger partial charge is 0.235 e. The lowest BCUT2D eigenvalue weighted by atomic mass is 10.2. The summed E-state index contributed by atoms with van der Waals surface area (Å²) in [5.41, 5.74) is 2.93. The lowest BCUT2D eigenvalue weighted by molar-refractivity contribution is 0.0779. The second kappa shape index (κ2) is 10.3. The number of H-pyrrole nitrogens is 1. The Kier molecular flexibility index (Phi) is 6.27. The molecule has 2 aliphatic heterocycles. The predicted molar refractivity (Wildman–Crippen MR) is 135 cm³/mol. The molecule has 0 bridgehead atoms. The van der Waals surface area contributed by atoms with Crippen LogP contribution in [0.15, 0.2) is 103 Å². The van der Waals surface area contributed by atoms with Crippen LogP contribution in [0.5, 0.6) is 0 Å². The van der Waals surface area contributed by atoms with E-state index in [1.807, 2.05) is 70.5 Å². The lowest BCUT2D eigenvalue weighted by Gasteiger charge is -2.24. The molecule has 2 aromatic heterocycles. The Morgan fingerprint density at radius 1 is 0.703 bits per heavy atom. The third kappa shape index (κ3) is 4.90. The SMILES string of the molecule is C1=C(N(Cc2ccccc2)c2nnc(-c3cccnc3N(Cc3ccccc3)C3=COCO3)[nH]2)OCO1. The molecule has 0 saturated carbocycles. The van der Waals surface area contributed by atoms with Crippen molar-refractivity contribution in [3.8, 4) is 11.4 Å². The van der Waals surface area contributed by atoms with Crippen molar-refractivity contribution in [3.63, 3.8) is 0 Å². The Morgan fingerprint density at radius 2 is 1.32 bits per heavy atom. The normalized spacial score (nSPS) is 14.1. The number of hydrogen-bond donors (Lipinski definition) is 1. The molecule has 4 aromatic rings. The van der Waals surface area contributed by atoms with E-state index in [1.54, 1.807) is 18.7 Å². The highest BCUT2D eigenvalue weighted by Crippen LogP contribution is 2.33. The molecule has 4 heterocycles. The van der Waals surface area contributed by atoms with Gasteiger partial charge in [0.2, 0.25) is 31.3 Å². The Labute approximate surface area is 213 Å². The van der Waals surface area contributed by atoms with Gasteiger partial charge in [0.05, 0.1) is 18.7 Å². The summed E-state index contributed by atoms with van der Waals surface area (Å²) in [5.74, 6) is 2.83. The Balaban J connectivity index is 1.35. The number of ether oxygens (including phenoxy) is 4. The van der Waals surface area contributed by atoms with Gasteiger partial charge in [0.1, 0.15) is 18.3 Å². The molecule has 10 nitrogen and oxygen atoms in total. The number of nitrogens with one attached hydrogen (secondary N) is 1. The van der Waals surface area contributed by atoms with Crippen LogP contribution in [0.2, 0.25) is 0 Å². The van der Waals surface area contributed by atoms with E-state index >= 15 is 0 Å². The fourth-order valence-corrected chi connectivity index (χ4v) is 4.09. The van der Waals surface area contributed by atoms with Crippen molar-refractivity contribution in [1.29, 1.82) is 0 Å². The first-order valence-corrected chi connectivity index (χ1v) is 11.8. The van der Waals surface area contributed by atoms with Crippen LogP contribution in [0.25, 0.3) is 11.4 Å². The van der Waals surface area contributed by atoms with Crippen LogP contribution in [0, 0.1) is 0 Å². The molecular weight excluding hydrogens is 472 g/mol. The maximum Gasteiger partial charge on any atom is 0.235 e. The molecule has 0 fully saturated rings. The van der Waals surface area contributed by atoms with Gasteiger partial charge < -0.3 is 23.9 Å². The number of benzene rings is 2.